The van der Waals surface area contributed by atoms with Gasteiger partial charge in [-0.25, -0.2) is 13.6 Å². The number of carbonyl (C=O) groups is 1. The largest absolute Gasteiger partial charge is 0.465 e. The molecule has 2 atom stereocenters. The first-order valence-electron chi connectivity index (χ1n) is 10.1. The zero-order valence-electron chi connectivity index (χ0n) is 16.8. The molecular weight excluding hydrogens is 418 g/mol. The molecule has 7 nitrogen and oxygen atoms in total. The van der Waals surface area contributed by atoms with Crippen molar-refractivity contribution < 1.29 is 23.8 Å². The van der Waals surface area contributed by atoms with E-state index in [1.54, 1.807) is 28.9 Å². The van der Waals surface area contributed by atoms with E-state index in [0.29, 0.717) is 40.1 Å². The minimum atomic E-state index is -1.06. The van der Waals surface area contributed by atoms with E-state index < -0.39 is 29.9 Å². The van der Waals surface area contributed by atoms with Crippen molar-refractivity contribution in [2.24, 2.45) is 0 Å². The Bertz CT molecular complexity index is 1300. The van der Waals surface area contributed by atoms with Crippen molar-refractivity contribution in [3.05, 3.63) is 76.0 Å². The van der Waals surface area contributed by atoms with Gasteiger partial charge in [0.1, 0.15) is 17.7 Å². The molecule has 2 heterocycles. The number of aliphatic hydroxyl groups excluding tert-OH is 1. The summed E-state index contributed by atoms with van der Waals surface area (Å²) in [6, 6.07) is 10.1. The van der Waals surface area contributed by atoms with Gasteiger partial charge in [-0.05, 0) is 29.3 Å². The van der Waals surface area contributed by atoms with E-state index in [1.165, 1.54) is 11.0 Å². The molecule has 9 heteroatoms. The van der Waals surface area contributed by atoms with Gasteiger partial charge in [-0.1, -0.05) is 12.1 Å². The van der Waals surface area contributed by atoms with Crippen molar-refractivity contribution in [3.63, 3.8) is 0 Å². The third-order valence-corrected chi connectivity index (χ3v) is 6.18. The van der Waals surface area contributed by atoms with Crippen LogP contribution in [-0.2, 0) is 19.4 Å². The van der Waals surface area contributed by atoms with Crippen molar-refractivity contribution in [2.45, 2.75) is 31.5 Å². The molecule has 1 aliphatic carbocycles. The monoisotopic (exact) mass is 436 g/mol. The van der Waals surface area contributed by atoms with Gasteiger partial charge < -0.3 is 15.1 Å². The first-order chi connectivity index (χ1) is 15.4. The fourth-order valence-corrected chi connectivity index (χ4v) is 4.73. The van der Waals surface area contributed by atoms with Crippen LogP contribution in [0.25, 0.3) is 11.3 Å². The second-order valence-electron chi connectivity index (χ2n) is 8.04. The van der Waals surface area contributed by atoms with Crippen LogP contribution in [0.5, 0.6) is 0 Å². The number of rotatable bonds is 2. The quantitative estimate of drug-likeness (QED) is 0.642. The lowest BCUT2D eigenvalue weighted by atomic mass is 9.99. The maximum atomic E-state index is 14.4. The molecule has 2 N–H and O–H groups in total. The van der Waals surface area contributed by atoms with E-state index in [2.05, 4.69) is 6.07 Å². The zero-order valence-corrected chi connectivity index (χ0v) is 16.8. The number of amides is 1. The first-order valence-corrected chi connectivity index (χ1v) is 10.1. The number of benzene rings is 2. The Kier molecular flexibility index (Phi) is 4.68. The van der Waals surface area contributed by atoms with Crippen LogP contribution in [0.4, 0.5) is 13.6 Å². The number of carboxylic acid groups (broad SMARTS) is 1. The highest BCUT2D eigenvalue weighted by molar-refractivity contribution is 5.70. The predicted octanol–water partition coefficient (Wildman–Crippen LogP) is 3.24. The summed E-state index contributed by atoms with van der Waals surface area (Å²) in [5, 5.41) is 34.3. The third-order valence-electron chi connectivity index (χ3n) is 6.18. The molecule has 3 aromatic rings. The number of fused-ring (bicyclic) bond motifs is 2. The molecule has 32 heavy (non-hydrogen) atoms. The molecule has 0 radical (unpaired) electrons. The lowest BCUT2D eigenvalue weighted by Gasteiger charge is -2.27. The molecule has 0 saturated heterocycles. The van der Waals surface area contributed by atoms with E-state index >= 15 is 0 Å². The van der Waals surface area contributed by atoms with E-state index in [0.717, 1.165) is 6.07 Å². The Morgan fingerprint density at radius 1 is 1.22 bits per heavy atom. The molecule has 0 unspecified atom stereocenters. The number of hydrogen-bond donors (Lipinski definition) is 2. The highest BCUT2D eigenvalue weighted by Gasteiger charge is 2.39. The van der Waals surface area contributed by atoms with Gasteiger partial charge in [0.05, 0.1) is 30.0 Å². The van der Waals surface area contributed by atoms with Crippen LogP contribution < -0.4 is 0 Å². The van der Waals surface area contributed by atoms with Crippen LogP contribution in [0.2, 0.25) is 0 Å². The van der Waals surface area contributed by atoms with Gasteiger partial charge in [0, 0.05) is 42.3 Å². The molecule has 2 aliphatic rings. The Morgan fingerprint density at radius 2 is 2.03 bits per heavy atom. The number of aliphatic hydroxyl groups is 1. The summed E-state index contributed by atoms with van der Waals surface area (Å²) in [6.45, 7) is 0.322. The number of nitrogens with zero attached hydrogens (tertiary/aromatic N) is 4. The highest BCUT2D eigenvalue weighted by atomic mass is 19.1. The van der Waals surface area contributed by atoms with Crippen LogP contribution in [0.1, 0.15) is 34.0 Å². The molecule has 162 valence electrons. The van der Waals surface area contributed by atoms with Gasteiger partial charge in [-0.15, -0.1) is 0 Å². The van der Waals surface area contributed by atoms with Crippen molar-refractivity contribution in [1.29, 1.82) is 5.26 Å². The first kappa shape index (κ1) is 20.2. The number of aromatic nitrogens is 2. The third kappa shape index (κ3) is 3.11. The van der Waals surface area contributed by atoms with Gasteiger partial charge in [0.25, 0.3) is 0 Å². The molecule has 1 aliphatic heterocycles. The van der Waals surface area contributed by atoms with Gasteiger partial charge in [0.2, 0.25) is 0 Å². The van der Waals surface area contributed by atoms with Crippen molar-refractivity contribution >= 4 is 6.09 Å². The van der Waals surface area contributed by atoms with Gasteiger partial charge in [-0.2, -0.15) is 10.4 Å². The molecule has 0 fully saturated rings. The van der Waals surface area contributed by atoms with Crippen molar-refractivity contribution in [3.8, 4) is 17.3 Å². The number of nitriles is 1. The number of halogens is 2. The maximum absolute atomic E-state index is 14.4. The summed E-state index contributed by atoms with van der Waals surface area (Å²) in [5.74, 6) is -1.44. The highest BCUT2D eigenvalue weighted by Crippen LogP contribution is 2.40. The maximum Gasteiger partial charge on any atom is 0.407 e. The summed E-state index contributed by atoms with van der Waals surface area (Å²) >= 11 is 0. The Labute approximate surface area is 181 Å². The molecule has 1 aromatic heterocycles. The minimum Gasteiger partial charge on any atom is -0.465 e. The Hall–Kier alpha value is -3.77. The normalized spacial score (nSPS) is 19.4. The molecule has 0 bridgehead atoms. The van der Waals surface area contributed by atoms with E-state index in [4.69, 9.17) is 5.10 Å². The molecule has 1 amide bonds. The van der Waals surface area contributed by atoms with Crippen LogP contribution in [0.15, 0.2) is 36.4 Å². The topological polar surface area (TPSA) is 102 Å². The van der Waals surface area contributed by atoms with Crippen LogP contribution in [0, 0.1) is 23.0 Å². The van der Waals surface area contributed by atoms with E-state index in [-0.39, 0.29) is 25.1 Å². The van der Waals surface area contributed by atoms with Gasteiger partial charge in [0.15, 0.2) is 0 Å². The average Bonchev–Trinajstić information content (AvgIpc) is 3.30. The van der Waals surface area contributed by atoms with Crippen LogP contribution >= 0.6 is 0 Å². The molecular formula is C23H18F2N4O3. The summed E-state index contributed by atoms with van der Waals surface area (Å²) in [5.41, 5.74) is 3.49. The van der Waals surface area contributed by atoms with E-state index in [1.807, 2.05) is 0 Å². The van der Waals surface area contributed by atoms with E-state index in [9.17, 15) is 29.1 Å². The summed E-state index contributed by atoms with van der Waals surface area (Å²) in [6.07, 6.45) is -1.71. The molecule has 5 rings (SSSR count). The fourth-order valence-electron chi connectivity index (χ4n) is 4.73. The van der Waals surface area contributed by atoms with Crippen LogP contribution in [0.3, 0.4) is 0 Å². The standard InChI is InChI=1S/C23H18F2N4O3/c24-14-7-16-15(18(25)8-14)9-20(30)22(16)29-19-4-5-28(23(31)32)11-17(19)21(27-29)13-3-1-2-12(6-13)10-26/h1-3,6-8,20,22,30H,4-5,9,11H2,(H,31,32)/t20-,22+/m0/s1. The molecule has 0 saturated carbocycles. The summed E-state index contributed by atoms with van der Waals surface area (Å²) in [4.78, 5) is 12.9. The van der Waals surface area contributed by atoms with Crippen molar-refractivity contribution in [2.75, 3.05) is 6.54 Å². The lowest BCUT2D eigenvalue weighted by molar-refractivity contribution is 0.130. The predicted molar refractivity (Wildman–Crippen MR) is 109 cm³/mol. The summed E-state index contributed by atoms with van der Waals surface area (Å²) < 4.78 is 30.0. The average molecular weight is 436 g/mol. The Balaban J connectivity index is 1.70. The fraction of sp³-hybridized carbons (Fsp3) is 0.261. The SMILES string of the molecule is N#Cc1cccc(-c2nn([C@@H]3c4cc(F)cc(F)c4C[C@@H]3O)c3c2CN(C(=O)O)CC3)c1. The minimum absolute atomic E-state index is 0.0290. The number of hydrogen-bond acceptors (Lipinski definition) is 4. The van der Waals surface area contributed by atoms with Gasteiger partial charge >= 0.3 is 6.09 Å². The second-order valence-corrected chi connectivity index (χ2v) is 8.04. The summed E-state index contributed by atoms with van der Waals surface area (Å²) in [7, 11) is 0. The lowest BCUT2D eigenvalue weighted by Crippen LogP contribution is -2.36. The smallest absolute Gasteiger partial charge is 0.407 e. The van der Waals surface area contributed by atoms with Gasteiger partial charge in [-0.3, -0.25) is 4.68 Å². The molecule has 0 spiro atoms. The second kappa shape index (κ2) is 7.43. The van der Waals surface area contributed by atoms with Crippen LogP contribution in [-0.4, -0.2) is 43.6 Å². The molecule has 2 aromatic carbocycles. The zero-order chi connectivity index (χ0) is 22.6. The Morgan fingerprint density at radius 3 is 2.78 bits per heavy atom. The van der Waals surface area contributed by atoms with Crippen molar-refractivity contribution in [1.82, 2.24) is 14.7 Å².